The molecule has 2 nitrogen and oxygen atoms in total. The van der Waals surface area contributed by atoms with Crippen molar-refractivity contribution in [1.82, 2.24) is 0 Å². The highest BCUT2D eigenvalue weighted by molar-refractivity contribution is 5.87. The molecule has 0 fully saturated rings. The molecular formula is C26H32N2. The zero-order valence-electron chi connectivity index (χ0n) is 17.9. The number of fused-ring (bicyclic) bond motifs is 1. The molecule has 0 spiro atoms. The zero-order valence-corrected chi connectivity index (χ0v) is 17.9. The number of hydrogen-bond acceptors (Lipinski definition) is 2. The topological polar surface area (TPSA) is 24.7 Å². The minimum Gasteiger partial charge on any atom is -0.296 e. The number of aliphatic imine (C=N–C) groups is 2. The molecule has 0 aliphatic carbocycles. The summed E-state index contributed by atoms with van der Waals surface area (Å²) in [5, 5.41) is 0. The Balaban J connectivity index is 1.95. The van der Waals surface area contributed by atoms with Gasteiger partial charge in [-0.05, 0) is 78.5 Å². The molecule has 2 aromatic rings. The highest BCUT2D eigenvalue weighted by Crippen LogP contribution is 2.33. The molecule has 1 heterocycles. The van der Waals surface area contributed by atoms with Gasteiger partial charge in [0.1, 0.15) is 0 Å². The highest BCUT2D eigenvalue weighted by atomic mass is 14.8. The molecule has 28 heavy (non-hydrogen) atoms. The third-order valence-electron chi connectivity index (χ3n) is 5.51. The van der Waals surface area contributed by atoms with Crippen LogP contribution < -0.4 is 0 Å². The average Bonchev–Trinajstić information content (AvgIpc) is 3.03. The standard InChI is InChI=1S/C26H32N2/c1-17(2)7-9-24-21(11-19(5)12-22(24)15-27-6)14-26-25-10-8-20(18(3)4)13-23(25)16-28-26/h8,10-13,15-17,26H,3,7,9,14H2,1-2,4-6H3/b27-15-. The second-order valence-electron chi connectivity index (χ2n) is 8.43. The molecule has 2 aromatic carbocycles. The monoisotopic (exact) mass is 372 g/mol. The van der Waals surface area contributed by atoms with Crippen molar-refractivity contribution < 1.29 is 0 Å². The molecule has 1 atom stereocenters. The lowest BCUT2D eigenvalue weighted by molar-refractivity contribution is 0.583. The molecule has 146 valence electrons. The maximum absolute atomic E-state index is 4.85. The van der Waals surface area contributed by atoms with Gasteiger partial charge in [-0.25, -0.2) is 0 Å². The molecule has 3 rings (SSSR count). The Morgan fingerprint density at radius 3 is 2.71 bits per heavy atom. The smallest absolute Gasteiger partial charge is 0.0795 e. The van der Waals surface area contributed by atoms with Crippen molar-refractivity contribution in [3.8, 4) is 0 Å². The summed E-state index contributed by atoms with van der Waals surface area (Å²) in [4.78, 5) is 9.16. The van der Waals surface area contributed by atoms with Crippen LogP contribution in [0.1, 0.15) is 72.2 Å². The first-order valence-electron chi connectivity index (χ1n) is 10.3. The van der Waals surface area contributed by atoms with Gasteiger partial charge in [0.2, 0.25) is 0 Å². The van der Waals surface area contributed by atoms with Gasteiger partial charge in [-0.3, -0.25) is 9.98 Å². The molecule has 1 aliphatic heterocycles. The quantitative estimate of drug-likeness (QED) is 0.504. The Labute approximate surface area is 170 Å². The third kappa shape index (κ3) is 4.49. The molecule has 2 heteroatoms. The highest BCUT2D eigenvalue weighted by Gasteiger charge is 2.21. The van der Waals surface area contributed by atoms with Gasteiger partial charge in [0.25, 0.3) is 0 Å². The van der Waals surface area contributed by atoms with Crippen molar-refractivity contribution >= 4 is 18.0 Å². The van der Waals surface area contributed by atoms with Gasteiger partial charge >= 0.3 is 0 Å². The summed E-state index contributed by atoms with van der Waals surface area (Å²) in [7, 11) is 1.85. The predicted octanol–water partition coefficient (Wildman–Crippen LogP) is 6.38. The summed E-state index contributed by atoms with van der Waals surface area (Å²) in [5.41, 5.74) is 10.3. The summed E-state index contributed by atoms with van der Waals surface area (Å²) in [6, 6.07) is 11.4. The van der Waals surface area contributed by atoms with Gasteiger partial charge in [0.05, 0.1) is 6.04 Å². The van der Waals surface area contributed by atoms with E-state index < -0.39 is 0 Å². The van der Waals surface area contributed by atoms with Crippen LogP contribution in [-0.2, 0) is 12.8 Å². The number of nitrogens with zero attached hydrogens (tertiary/aromatic N) is 2. The molecule has 0 aromatic heterocycles. The molecule has 0 saturated heterocycles. The lowest BCUT2D eigenvalue weighted by Crippen LogP contribution is -2.07. The maximum Gasteiger partial charge on any atom is 0.0795 e. The predicted molar refractivity (Wildman–Crippen MR) is 123 cm³/mol. The maximum atomic E-state index is 4.85. The number of rotatable bonds is 7. The van der Waals surface area contributed by atoms with E-state index in [1.165, 1.54) is 45.4 Å². The van der Waals surface area contributed by atoms with E-state index in [4.69, 9.17) is 4.99 Å². The van der Waals surface area contributed by atoms with Crippen molar-refractivity contribution in [3.05, 3.63) is 75.9 Å². The Morgan fingerprint density at radius 1 is 1.25 bits per heavy atom. The first-order chi connectivity index (χ1) is 13.4. The lowest BCUT2D eigenvalue weighted by atomic mass is 9.88. The summed E-state index contributed by atoms with van der Waals surface area (Å²) in [5.74, 6) is 0.686. The van der Waals surface area contributed by atoms with Crippen LogP contribution in [0.5, 0.6) is 0 Å². The van der Waals surface area contributed by atoms with E-state index in [-0.39, 0.29) is 6.04 Å². The van der Waals surface area contributed by atoms with Crippen LogP contribution >= 0.6 is 0 Å². The lowest BCUT2D eigenvalue weighted by Gasteiger charge is -2.18. The number of benzene rings is 2. The summed E-state index contributed by atoms with van der Waals surface area (Å²) in [6.45, 7) is 12.9. The minimum atomic E-state index is 0.195. The van der Waals surface area contributed by atoms with Gasteiger partial charge in [0, 0.05) is 19.5 Å². The van der Waals surface area contributed by atoms with Gasteiger partial charge < -0.3 is 0 Å². The van der Waals surface area contributed by atoms with Gasteiger partial charge in [-0.2, -0.15) is 0 Å². The Kier molecular flexibility index (Phi) is 6.28. The van der Waals surface area contributed by atoms with Crippen molar-refractivity contribution in [2.75, 3.05) is 7.05 Å². The van der Waals surface area contributed by atoms with Crippen LogP contribution in [0.25, 0.3) is 5.57 Å². The van der Waals surface area contributed by atoms with Crippen LogP contribution in [-0.4, -0.2) is 19.5 Å². The van der Waals surface area contributed by atoms with Crippen molar-refractivity contribution in [1.29, 1.82) is 0 Å². The number of aryl methyl sites for hydroxylation is 1. The molecule has 1 unspecified atom stereocenters. The van der Waals surface area contributed by atoms with Gasteiger partial charge in [0.15, 0.2) is 0 Å². The molecule has 0 bridgehead atoms. The molecule has 0 amide bonds. The fraction of sp³-hybridized carbons (Fsp3) is 0.385. The third-order valence-corrected chi connectivity index (χ3v) is 5.51. The van der Waals surface area contributed by atoms with Crippen LogP contribution in [0.15, 0.2) is 46.9 Å². The summed E-state index contributed by atoms with van der Waals surface area (Å²) >= 11 is 0. The van der Waals surface area contributed by atoms with E-state index >= 15 is 0 Å². The second-order valence-corrected chi connectivity index (χ2v) is 8.43. The average molecular weight is 373 g/mol. The largest absolute Gasteiger partial charge is 0.296 e. The van der Waals surface area contributed by atoms with Gasteiger partial charge in [-0.1, -0.05) is 55.8 Å². The Hall–Kier alpha value is -2.48. The molecule has 1 aliphatic rings. The Morgan fingerprint density at radius 2 is 2.04 bits per heavy atom. The van der Waals surface area contributed by atoms with Crippen LogP contribution in [0.3, 0.4) is 0 Å². The molecule has 0 radical (unpaired) electrons. The summed E-state index contributed by atoms with van der Waals surface area (Å²) < 4.78 is 0. The number of allylic oxidation sites excluding steroid dienone is 1. The first-order valence-corrected chi connectivity index (χ1v) is 10.3. The first kappa shape index (κ1) is 20.3. The van der Waals surface area contributed by atoms with Gasteiger partial charge in [-0.15, -0.1) is 0 Å². The minimum absolute atomic E-state index is 0.195. The molecule has 0 N–H and O–H groups in total. The van der Waals surface area contributed by atoms with E-state index in [1.54, 1.807) is 0 Å². The normalized spacial score (nSPS) is 15.6. The number of hydrogen-bond donors (Lipinski definition) is 0. The summed E-state index contributed by atoms with van der Waals surface area (Å²) in [6.07, 6.45) is 7.26. The van der Waals surface area contributed by atoms with E-state index in [2.05, 4.69) is 69.6 Å². The fourth-order valence-electron chi connectivity index (χ4n) is 3.97. The van der Waals surface area contributed by atoms with E-state index in [1.807, 2.05) is 19.5 Å². The van der Waals surface area contributed by atoms with Crippen LogP contribution in [0.2, 0.25) is 0 Å². The second kappa shape index (κ2) is 8.68. The fourth-order valence-corrected chi connectivity index (χ4v) is 3.97. The zero-order chi connectivity index (χ0) is 20.3. The van der Waals surface area contributed by atoms with Crippen molar-refractivity contribution in [2.24, 2.45) is 15.9 Å². The van der Waals surface area contributed by atoms with Crippen molar-refractivity contribution in [2.45, 2.75) is 53.0 Å². The molecular weight excluding hydrogens is 340 g/mol. The van der Waals surface area contributed by atoms with Crippen molar-refractivity contribution in [3.63, 3.8) is 0 Å². The Bertz CT molecular complexity index is 932. The molecule has 0 saturated carbocycles. The van der Waals surface area contributed by atoms with E-state index in [0.717, 1.165) is 18.4 Å². The van der Waals surface area contributed by atoms with E-state index in [0.29, 0.717) is 5.92 Å². The SMILES string of the molecule is C=C(C)c1ccc2c(c1)C=NC2Cc1cc(C)cc(/C=N\C)c1CCC(C)C. The van der Waals surface area contributed by atoms with E-state index in [9.17, 15) is 0 Å². The van der Waals surface area contributed by atoms with Crippen LogP contribution in [0.4, 0.5) is 0 Å². The van der Waals surface area contributed by atoms with Crippen LogP contribution in [0, 0.1) is 12.8 Å².